The minimum absolute atomic E-state index is 0.000669. The first-order valence-electron chi connectivity index (χ1n) is 23.8. The molecular formula is C47H75N5O8S. The lowest BCUT2D eigenvalue weighted by atomic mass is 9.67. The lowest BCUT2D eigenvalue weighted by Gasteiger charge is -2.43. The maximum atomic E-state index is 15.7. The van der Waals surface area contributed by atoms with Crippen LogP contribution < -0.4 is 10.0 Å². The number of hydrogen-bond donors (Lipinski definition) is 2. The largest absolute Gasteiger partial charge is 0.381 e. The molecule has 4 aliphatic carbocycles. The van der Waals surface area contributed by atoms with E-state index in [0.717, 1.165) is 77.3 Å². The summed E-state index contributed by atoms with van der Waals surface area (Å²) in [5, 5.41) is 3.27. The number of carbonyl (C=O) groups excluding carboxylic acids is 5. The zero-order chi connectivity index (χ0) is 44.2. The Hall–Kier alpha value is -2.68. The van der Waals surface area contributed by atoms with Crippen LogP contribution in [0.3, 0.4) is 0 Å². The van der Waals surface area contributed by atoms with Gasteiger partial charge in [0.15, 0.2) is 11.6 Å². The molecule has 14 heteroatoms. The van der Waals surface area contributed by atoms with Crippen LogP contribution in [0.4, 0.5) is 0 Å². The number of ether oxygens (including phenoxy) is 1. The fourth-order valence-corrected chi connectivity index (χ4v) is 14.9. The highest BCUT2D eigenvalue weighted by Gasteiger charge is 2.85. The fraction of sp³-hybridized carbons (Fsp3) is 0.851. The monoisotopic (exact) mass is 870 g/mol. The van der Waals surface area contributed by atoms with Crippen molar-refractivity contribution in [2.24, 2.45) is 44.8 Å². The zero-order valence-electron chi connectivity index (χ0n) is 38.0. The molecule has 0 radical (unpaired) electrons. The van der Waals surface area contributed by atoms with E-state index < -0.39 is 44.9 Å². The Morgan fingerprint density at radius 3 is 2.10 bits per heavy atom. The van der Waals surface area contributed by atoms with Crippen molar-refractivity contribution in [3.8, 4) is 0 Å². The molecule has 13 nitrogen and oxygen atoms in total. The van der Waals surface area contributed by atoms with Gasteiger partial charge >= 0.3 is 10.2 Å². The number of allylic oxidation sites excluding steroid dienone is 1. The van der Waals surface area contributed by atoms with Crippen LogP contribution in [0, 0.1) is 44.8 Å². The number of carbonyl (C=O) groups is 5. The van der Waals surface area contributed by atoms with E-state index in [-0.39, 0.29) is 83.4 Å². The van der Waals surface area contributed by atoms with Gasteiger partial charge in [-0.25, -0.2) is 4.72 Å². The normalized spacial score (nSPS) is 32.6. The third-order valence-corrected chi connectivity index (χ3v) is 19.8. The lowest BCUT2D eigenvalue weighted by molar-refractivity contribution is -0.150. The molecule has 7 fully saturated rings. The number of ketones is 2. The topological polar surface area (TPSA) is 162 Å². The first-order chi connectivity index (χ1) is 28.9. The molecule has 3 saturated heterocycles. The Morgan fingerprint density at radius 1 is 0.869 bits per heavy atom. The van der Waals surface area contributed by atoms with Gasteiger partial charge in [0.1, 0.15) is 0 Å². The average Bonchev–Trinajstić information content (AvgIpc) is 3.73. The van der Waals surface area contributed by atoms with Gasteiger partial charge in [-0.15, -0.1) is 6.58 Å². The third kappa shape index (κ3) is 7.87. The van der Waals surface area contributed by atoms with E-state index in [1.807, 2.05) is 0 Å². The predicted molar refractivity (Wildman–Crippen MR) is 233 cm³/mol. The second kappa shape index (κ2) is 17.4. The SMILES string of the molecule is C=C[C@@H]1C[C@]1(CC(=O)[C@@H]1C[C@@]2(CN1C(=O)[C@@H](CC(=O)[C@@H](NC(=O)[C@@H]1CCCN1CC)C1CCCCC1)C1(C)CCOCC1)C(C)(C)C21CCC1)C(=O)NS(=O)(=O)N(CC)CC. The summed E-state index contributed by atoms with van der Waals surface area (Å²) < 4.78 is 35.8. The van der Waals surface area contributed by atoms with Gasteiger partial charge in [0.25, 0.3) is 0 Å². The predicted octanol–water partition coefficient (Wildman–Crippen LogP) is 5.58. The summed E-state index contributed by atoms with van der Waals surface area (Å²) in [5.41, 5.74) is -2.25. The van der Waals surface area contributed by atoms with Gasteiger partial charge in [-0.2, -0.15) is 12.7 Å². The summed E-state index contributed by atoms with van der Waals surface area (Å²) in [5.74, 6) is -2.49. The molecule has 7 aliphatic rings. The fourth-order valence-electron chi connectivity index (χ4n) is 13.6. The molecule has 0 aromatic rings. The Morgan fingerprint density at radius 2 is 1.54 bits per heavy atom. The Balaban J connectivity index is 1.20. The number of Topliss-reactive ketones (excluding diaryl/α,β-unsaturated/α-hetero) is 2. The number of amides is 3. The summed E-state index contributed by atoms with van der Waals surface area (Å²) in [6, 6.07) is -1.78. The molecule has 2 N–H and O–H groups in total. The van der Waals surface area contributed by atoms with Crippen LogP contribution in [0.25, 0.3) is 0 Å². The molecule has 0 bridgehead atoms. The van der Waals surface area contributed by atoms with Crippen LogP contribution in [0.15, 0.2) is 12.7 Å². The maximum absolute atomic E-state index is 15.7. The van der Waals surface area contributed by atoms with E-state index >= 15 is 14.4 Å². The molecule has 0 aromatic heterocycles. The number of rotatable bonds is 18. The van der Waals surface area contributed by atoms with E-state index in [1.165, 1.54) is 4.31 Å². The minimum atomic E-state index is -4.13. The maximum Gasteiger partial charge on any atom is 0.303 e. The Kier molecular flexibility index (Phi) is 13.2. The number of nitrogens with zero attached hydrogens (tertiary/aromatic N) is 3. The molecule has 3 amide bonds. The molecule has 0 aromatic carbocycles. The highest BCUT2D eigenvalue weighted by atomic mass is 32.2. The van der Waals surface area contributed by atoms with E-state index in [1.54, 1.807) is 24.8 Å². The molecule has 61 heavy (non-hydrogen) atoms. The number of nitrogens with one attached hydrogen (secondary N) is 2. The van der Waals surface area contributed by atoms with Crippen molar-refractivity contribution in [3.63, 3.8) is 0 Å². The van der Waals surface area contributed by atoms with Crippen molar-refractivity contribution in [1.82, 2.24) is 24.1 Å². The molecule has 3 heterocycles. The third-order valence-electron chi connectivity index (χ3n) is 18.1. The van der Waals surface area contributed by atoms with Crippen LogP contribution in [0.2, 0.25) is 0 Å². The van der Waals surface area contributed by atoms with Crippen molar-refractivity contribution in [2.45, 2.75) is 162 Å². The summed E-state index contributed by atoms with van der Waals surface area (Å²) in [7, 11) is -4.13. The molecular weight excluding hydrogens is 795 g/mol. The Bertz CT molecular complexity index is 1830. The van der Waals surface area contributed by atoms with Crippen molar-refractivity contribution < 1.29 is 37.1 Å². The average molecular weight is 870 g/mol. The smallest absolute Gasteiger partial charge is 0.303 e. The molecule has 0 unspecified atom stereocenters. The lowest BCUT2D eigenvalue weighted by Crippen LogP contribution is -2.55. The standard InChI is InChI=1S/C47H75N5O8S/c1-8-33-28-45(33,42(57)49-61(58,59)51(10-3)11-4)30-38(54)36-29-47(43(5,6)46(47)20-16-21-46)31-52(36)41(56)34(44(7)22-25-60-26-23-44)27-37(53)39(32-17-13-12-14-18-32)48-40(55)35-19-15-24-50(35)9-2/h8,32-36,39H,1,9-31H2,2-7H3,(H,48,55)(H,49,57)/t33-,34-,35+,36+,39+,45-,47-/m1/s1. The van der Waals surface area contributed by atoms with Gasteiger partial charge in [0.05, 0.1) is 29.5 Å². The summed E-state index contributed by atoms with van der Waals surface area (Å²) in [6.45, 7) is 19.4. The summed E-state index contributed by atoms with van der Waals surface area (Å²) in [4.78, 5) is 77.7. The van der Waals surface area contributed by atoms with Crippen molar-refractivity contribution >= 4 is 39.5 Å². The summed E-state index contributed by atoms with van der Waals surface area (Å²) >= 11 is 0. The Labute approximate surface area is 365 Å². The van der Waals surface area contributed by atoms with Crippen LogP contribution >= 0.6 is 0 Å². The van der Waals surface area contributed by atoms with E-state index in [2.05, 4.69) is 49.2 Å². The van der Waals surface area contributed by atoms with Crippen molar-refractivity contribution in [1.29, 1.82) is 0 Å². The van der Waals surface area contributed by atoms with Gasteiger partial charge in [0, 0.05) is 51.1 Å². The number of hydrogen-bond acceptors (Lipinski definition) is 9. The van der Waals surface area contributed by atoms with Crippen LogP contribution in [-0.4, -0.2) is 116 Å². The molecule has 3 aliphatic heterocycles. The van der Waals surface area contributed by atoms with Gasteiger partial charge in [-0.3, -0.25) is 28.9 Å². The van der Waals surface area contributed by atoms with Gasteiger partial charge < -0.3 is 15.0 Å². The first-order valence-corrected chi connectivity index (χ1v) is 25.3. The van der Waals surface area contributed by atoms with Gasteiger partial charge in [-0.1, -0.05) is 73.3 Å². The molecule has 342 valence electrons. The summed E-state index contributed by atoms with van der Waals surface area (Å²) in [6.07, 6.45) is 13.0. The van der Waals surface area contributed by atoms with Crippen LogP contribution in [0.1, 0.15) is 144 Å². The quantitative estimate of drug-likeness (QED) is 0.168. The van der Waals surface area contributed by atoms with E-state index in [0.29, 0.717) is 45.4 Å². The van der Waals surface area contributed by atoms with Crippen molar-refractivity contribution in [3.05, 3.63) is 12.7 Å². The molecule has 4 saturated carbocycles. The number of fused-ring (bicyclic) bond motifs is 1. The highest BCUT2D eigenvalue weighted by Crippen LogP contribution is 2.88. The molecule has 7 rings (SSSR count). The van der Waals surface area contributed by atoms with Gasteiger partial charge in [0.2, 0.25) is 17.7 Å². The van der Waals surface area contributed by atoms with Crippen LogP contribution in [-0.2, 0) is 38.9 Å². The number of likely N-dealkylation sites (tertiary alicyclic amines) is 2. The first kappa shape index (κ1) is 46.3. The highest BCUT2D eigenvalue weighted by molar-refractivity contribution is 7.87. The second-order valence-corrected chi connectivity index (χ2v) is 22.5. The molecule has 7 atom stereocenters. The minimum Gasteiger partial charge on any atom is -0.381 e. The molecule has 2 spiro atoms. The van der Waals surface area contributed by atoms with Crippen LogP contribution in [0.5, 0.6) is 0 Å². The zero-order valence-corrected chi connectivity index (χ0v) is 38.8. The number of likely N-dealkylation sites (N-methyl/N-ethyl adjacent to an activating group) is 1. The second-order valence-electron chi connectivity index (χ2n) is 20.9. The van der Waals surface area contributed by atoms with Gasteiger partial charge in [-0.05, 0) is 105 Å². The van der Waals surface area contributed by atoms with E-state index in [4.69, 9.17) is 4.74 Å². The van der Waals surface area contributed by atoms with Crippen molar-refractivity contribution in [2.75, 3.05) is 45.9 Å². The van der Waals surface area contributed by atoms with E-state index in [9.17, 15) is 18.0 Å².